The lowest BCUT2D eigenvalue weighted by Crippen LogP contribution is -2.31. The molecule has 236 valence electrons. The van der Waals surface area contributed by atoms with Gasteiger partial charge < -0.3 is 0 Å². The summed E-state index contributed by atoms with van der Waals surface area (Å²) in [5.41, 5.74) is 9.81. The van der Waals surface area contributed by atoms with E-state index in [9.17, 15) is 0 Å². The van der Waals surface area contributed by atoms with Gasteiger partial charge in [-0.2, -0.15) is 0 Å². The third-order valence-corrected chi connectivity index (χ3v) is 11.8. The Bertz CT molecular complexity index is 1060. The topological polar surface area (TPSA) is 0 Å². The molecule has 0 saturated heterocycles. The third kappa shape index (κ3) is 10.6. The minimum absolute atomic E-state index is 0.646. The summed E-state index contributed by atoms with van der Waals surface area (Å²) < 4.78 is 0. The van der Waals surface area contributed by atoms with Crippen LogP contribution in [0.15, 0.2) is 54.6 Å². The largest absolute Gasteiger partial charge is 0.0654 e. The molecule has 0 unspecified atom stereocenters. The lowest BCUT2D eigenvalue weighted by Gasteiger charge is -2.31. The van der Waals surface area contributed by atoms with Crippen molar-refractivity contribution in [2.75, 3.05) is 0 Å². The highest BCUT2D eigenvalue weighted by molar-refractivity contribution is 7.80. The maximum absolute atomic E-state index is 2.65. The van der Waals surface area contributed by atoms with Crippen molar-refractivity contribution in [2.24, 2.45) is 0 Å². The zero-order valence-corrected chi connectivity index (χ0v) is 29.8. The Morgan fingerprint density at radius 1 is 0.395 bits per heavy atom. The number of rotatable bonds is 21. The second-order valence-corrected chi connectivity index (χ2v) is 14.9. The number of benzene rings is 3. The molecule has 0 saturated carbocycles. The van der Waals surface area contributed by atoms with Crippen LogP contribution >= 0.6 is 7.92 Å². The van der Waals surface area contributed by atoms with Crippen molar-refractivity contribution in [1.29, 1.82) is 0 Å². The molecule has 0 fully saturated rings. The molecule has 3 aromatic carbocycles. The van der Waals surface area contributed by atoms with Gasteiger partial charge in [-0.3, -0.25) is 0 Å². The van der Waals surface area contributed by atoms with Crippen LogP contribution in [-0.4, -0.2) is 0 Å². The van der Waals surface area contributed by atoms with Crippen LogP contribution in [0.3, 0.4) is 0 Å². The fraction of sp³-hybridized carbons (Fsp3) is 0.571. The van der Waals surface area contributed by atoms with E-state index in [0.717, 1.165) is 0 Å². The van der Waals surface area contributed by atoms with Gasteiger partial charge in [0, 0.05) is 0 Å². The minimum atomic E-state index is -0.646. The normalized spacial score (nSPS) is 11.5. The highest BCUT2D eigenvalue weighted by atomic mass is 31.1. The molecule has 0 amide bonds. The first-order valence-electron chi connectivity index (χ1n) is 18.3. The quantitative estimate of drug-likeness (QED) is 0.107. The van der Waals surface area contributed by atoms with Gasteiger partial charge in [-0.05, 0) is 134 Å². The van der Waals surface area contributed by atoms with Crippen molar-refractivity contribution in [1.82, 2.24) is 0 Å². The van der Waals surface area contributed by atoms with Gasteiger partial charge in [0.15, 0.2) is 0 Å². The third-order valence-electron chi connectivity index (χ3n) is 8.95. The van der Waals surface area contributed by atoms with Crippen LogP contribution in [0.1, 0.15) is 152 Å². The van der Waals surface area contributed by atoms with Crippen molar-refractivity contribution >= 4 is 23.8 Å². The zero-order valence-electron chi connectivity index (χ0n) is 28.9. The van der Waals surface area contributed by atoms with Crippen LogP contribution in [0.5, 0.6) is 0 Å². The average molecular weight is 599 g/mol. The molecule has 0 aliphatic carbocycles. The average Bonchev–Trinajstić information content (AvgIpc) is 3.04. The van der Waals surface area contributed by atoms with Gasteiger partial charge >= 0.3 is 0 Å². The van der Waals surface area contributed by atoms with Gasteiger partial charge in [-0.1, -0.05) is 135 Å². The van der Waals surface area contributed by atoms with Gasteiger partial charge in [-0.25, -0.2) is 0 Å². The Kier molecular flexibility index (Phi) is 16.7. The summed E-state index contributed by atoms with van der Waals surface area (Å²) in [5, 5.41) is 4.99. The standard InChI is InChI=1S/C42H63P/c1-7-13-22-34-30-36(24-15-9-3)41(37(31-34)25-16-10-4)43(40-28-20-19-21-29-40)42-38(26-17-11-5)32-35(23-14-8-2)33-39(42)27-18-12-6/h19-21,28-33H,7-18,22-27H2,1-6H3. The monoisotopic (exact) mass is 598 g/mol. The molecule has 0 aliphatic rings. The highest BCUT2D eigenvalue weighted by Gasteiger charge is 2.28. The molecule has 0 spiro atoms. The van der Waals surface area contributed by atoms with Crippen LogP contribution in [0.25, 0.3) is 0 Å². The summed E-state index contributed by atoms with van der Waals surface area (Å²) in [4.78, 5) is 0. The first-order valence-corrected chi connectivity index (χ1v) is 19.6. The van der Waals surface area contributed by atoms with Gasteiger partial charge in [0.05, 0.1) is 0 Å². The summed E-state index contributed by atoms with van der Waals surface area (Å²) in [6.45, 7) is 14.1. The first kappa shape index (κ1) is 35.6. The van der Waals surface area contributed by atoms with E-state index in [-0.39, 0.29) is 0 Å². The molecule has 3 aromatic rings. The van der Waals surface area contributed by atoms with E-state index in [1.807, 2.05) is 0 Å². The smallest absolute Gasteiger partial charge is 0.00866 e. The lowest BCUT2D eigenvalue weighted by atomic mass is 9.96. The summed E-state index contributed by atoms with van der Waals surface area (Å²) in [6, 6.07) is 22.3. The van der Waals surface area contributed by atoms with Crippen LogP contribution in [0.4, 0.5) is 0 Å². The predicted molar refractivity (Wildman–Crippen MR) is 197 cm³/mol. The van der Waals surface area contributed by atoms with E-state index in [2.05, 4.69) is 96.1 Å². The van der Waals surface area contributed by atoms with Crippen LogP contribution in [0, 0.1) is 0 Å². The van der Waals surface area contributed by atoms with E-state index < -0.39 is 7.92 Å². The molecule has 0 bridgehead atoms. The van der Waals surface area contributed by atoms with Crippen LogP contribution < -0.4 is 15.9 Å². The Morgan fingerprint density at radius 2 is 0.698 bits per heavy atom. The van der Waals surface area contributed by atoms with Gasteiger partial charge in [0.1, 0.15) is 0 Å². The molecule has 1 heteroatoms. The van der Waals surface area contributed by atoms with Gasteiger partial charge in [0.25, 0.3) is 0 Å². The van der Waals surface area contributed by atoms with Crippen molar-refractivity contribution in [3.8, 4) is 0 Å². The molecular formula is C42H63P. The Balaban J connectivity index is 2.41. The lowest BCUT2D eigenvalue weighted by molar-refractivity contribution is 0.769. The number of aryl methyl sites for hydroxylation is 6. The SMILES string of the molecule is CCCCc1cc(CCCC)c(P(c2ccccc2)c2c(CCCC)cc(CCCC)cc2CCCC)c(CCCC)c1. The van der Waals surface area contributed by atoms with Crippen LogP contribution in [0.2, 0.25) is 0 Å². The highest BCUT2D eigenvalue weighted by Crippen LogP contribution is 2.41. The van der Waals surface area contributed by atoms with E-state index >= 15 is 0 Å². The van der Waals surface area contributed by atoms with E-state index in [1.54, 1.807) is 49.3 Å². The second kappa shape index (κ2) is 20.2. The molecular weight excluding hydrogens is 535 g/mol. The zero-order chi connectivity index (χ0) is 30.9. The van der Waals surface area contributed by atoms with Gasteiger partial charge in [-0.15, -0.1) is 0 Å². The van der Waals surface area contributed by atoms with Gasteiger partial charge in [0.2, 0.25) is 0 Å². The molecule has 0 nitrogen and oxygen atoms in total. The fourth-order valence-corrected chi connectivity index (χ4v) is 9.53. The fourth-order valence-electron chi connectivity index (χ4n) is 6.47. The summed E-state index contributed by atoms with van der Waals surface area (Å²) in [5.74, 6) is 0. The maximum Gasteiger partial charge on any atom is -0.00866 e. The van der Waals surface area contributed by atoms with E-state index in [0.29, 0.717) is 0 Å². The molecule has 0 N–H and O–H groups in total. The van der Waals surface area contributed by atoms with Crippen molar-refractivity contribution in [3.05, 3.63) is 88.0 Å². The molecule has 43 heavy (non-hydrogen) atoms. The Morgan fingerprint density at radius 3 is 1.00 bits per heavy atom. The van der Waals surface area contributed by atoms with Crippen molar-refractivity contribution in [2.45, 2.75) is 157 Å². The Hall–Kier alpha value is -1.91. The summed E-state index contributed by atoms with van der Waals surface area (Å²) in [6.07, 6.45) is 22.5. The van der Waals surface area contributed by atoms with Crippen molar-refractivity contribution in [3.63, 3.8) is 0 Å². The molecule has 0 aromatic heterocycles. The van der Waals surface area contributed by atoms with E-state index in [1.165, 1.54) is 116 Å². The van der Waals surface area contributed by atoms with Crippen molar-refractivity contribution < 1.29 is 0 Å². The second-order valence-electron chi connectivity index (χ2n) is 12.8. The van der Waals surface area contributed by atoms with Crippen LogP contribution in [-0.2, 0) is 38.5 Å². The maximum atomic E-state index is 2.65. The predicted octanol–water partition coefficient (Wildman–Crippen LogP) is 11.5. The number of hydrogen-bond acceptors (Lipinski definition) is 0. The molecule has 0 radical (unpaired) electrons. The summed E-state index contributed by atoms with van der Waals surface area (Å²) in [7, 11) is -0.646. The summed E-state index contributed by atoms with van der Waals surface area (Å²) >= 11 is 0. The molecule has 0 aliphatic heterocycles. The Labute approximate surface area is 268 Å². The molecule has 0 heterocycles. The minimum Gasteiger partial charge on any atom is -0.0654 e. The van der Waals surface area contributed by atoms with E-state index in [4.69, 9.17) is 0 Å². The molecule has 3 rings (SSSR count). The number of unbranched alkanes of at least 4 members (excludes halogenated alkanes) is 6. The first-order chi connectivity index (χ1) is 21.1. The number of hydrogen-bond donors (Lipinski definition) is 0. The molecule has 0 atom stereocenters.